The summed E-state index contributed by atoms with van der Waals surface area (Å²) in [6.07, 6.45) is 2.53. The molecule has 0 aliphatic carbocycles. The number of nitrogens with one attached hydrogen (secondary N) is 1. The molecule has 0 heterocycles. The van der Waals surface area contributed by atoms with Crippen molar-refractivity contribution in [3.63, 3.8) is 0 Å². The van der Waals surface area contributed by atoms with E-state index in [-0.39, 0.29) is 12.5 Å². The predicted octanol–water partition coefficient (Wildman–Crippen LogP) is 1.40. The first-order valence-corrected chi connectivity index (χ1v) is 7.10. The first-order valence-electron chi connectivity index (χ1n) is 5.70. The number of rotatable bonds is 5. The van der Waals surface area contributed by atoms with Gasteiger partial charge >= 0.3 is 0 Å². The maximum atomic E-state index is 11.4. The topological polar surface area (TPSA) is 49.3 Å². The van der Waals surface area contributed by atoms with Gasteiger partial charge in [0.25, 0.3) is 0 Å². The minimum absolute atomic E-state index is 0.0659. The molecule has 0 saturated carbocycles. The highest BCUT2D eigenvalue weighted by molar-refractivity contribution is 7.98. The summed E-state index contributed by atoms with van der Waals surface area (Å²) >= 11 is 1.66. The highest BCUT2D eigenvalue weighted by Crippen LogP contribution is 2.04. The van der Waals surface area contributed by atoms with Crippen molar-refractivity contribution in [1.82, 2.24) is 5.32 Å². The number of amides is 1. The van der Waals surface area contributed by atoms with E-state index in [2.05, 4.69) is 17.2 Å². The van der Waals surface area contributed by atoms with E-state index in [1.54, 1.807) is 11.8 Å². The van der Waals surface area contributed by atoms with Gasteiger partial charge < -0.3 is 10.4 Å². The van der Waals surface area contributed by atoms with Crippen molar-refractivity contribution in [1.29, 1.82) is 0 Å². The van der Waals surface area contributed by atoms with Gasteiger partial charge in [0.05, 0.1) is 0 Å². The Morgan fingerprint density at radius 3 is 3.06 bits per heavy atom. The van der Waals surface area contributed by atoms with Gasteiger partial charge in [-0.05, 0) is 24.0 Å². The number of carbonyl (C=O) groups is 1. The first-order chi connectivity index (χ1) is 8.76. The molecule has 0 aliphatic rings. The summed E-state index contributed by atoms with van der Waals surface area (Å²) in [6, 6.07) is 7.63. The first kappa shape index (κ1) is 14.6. The molecular weight excluding hydrogens is 246 g/mol. The van der Waals surface area contributed by atoms with Gasteiger partial charge in [0.15, 0.2) is 0 Å². The molecule has 2 N–H and O–H groups in total. The fraction of sp³-hybridized carbons (Fsp3) is 0.357. The van der Waals surface area contributed by atoms with Gasteiger partial charge in [-0.1, -0.05) is 24.0 Å². The van der Waals surface area contributed by atoms with Crippen LogP contribution in [0, 0.1) is 11.8 Å². The van der Waals surface area contributed by atoms with Crippen LogP contribution in [0.15, 0.2) is 24.3 Å². The van der Waals surface area contributed by atoms with Crippen molar-refractivity contribution in [2.24, 2.45) is 0 Å². The third kappa shape index (κ3) is 5.76. The van der Waals surface area contributed by atoms with E-state index < -0.39 is 0 Å². The monoisotopic (exact) mass is 263 g/mol. The highest BCUT2D eigenvalue weighted by Gasteiger charge is 2.00. The molecule has 18 heavy (non-hydrogen) atoms. The Hall–Kier alpha value is -1.44. The number of thioether (sulfide) groups is 1. The van der Waals surface area contributed by atoms with Crippen LogP contribution >= 0.6 is 11.8 Å². The lowest BCUT2D eigenvalue weighted by atomic mass is 10.1. The number of hydrogen-bond donors (Lipinski definition) is 2. The van der Waals surface area contributed by atoms with Gasteiger partial charge in [0.2, 0.25) is 5.91 Å². The zero-order chi connectivity index (χ0) is 13.2. The van der Waals surface area contributed by atoms with Crippen molar-refractivity contribution in [2.45, 2.75) is 13.0 Å². The van der Waals surface area contributed by atoms with Crippen molar-refractivity contribution < 1.29 is 9.90 Å². The van der Waals surface area contributed by atoms with E-state index in [0.29, 0.717) is 13.0 Å². The van der Waals surface area contributed by atoms with Crippen LogP contribution in [-0.4, -0.2) is 29.6 Å². The van der Waals surface area contributed by atoms with Crippen LogP contribution in [0.1, 0.15) is 17.5 Å². The molecule has 1 amide bonds. The zero-order valence-corrected chi connectivity index (χ0v) is 11.2. The number of aliphatic hydroxyl groups is 1. The normalized spacial score (nSPS) is 9.44. The van der Waals surface area contributed by atoms with Crippen LogP contribution in [0.2, 0.25) is 0 Å². The maximum absolute atomic E-state index is 11.4. The third-order valence-electron chi connectivity index (χ3n) is 2.26. The predicted molar refractivity (Wildman–Crippen MR) is 75.3 cm³/mol. The van der Waals surface area contributed by atoms with Gasteiger partial charge in [0, 0.05) is 24.3 Å². The molecule has 0 fully saturated rings. The largest absolute Gasteiger partial charge is 0.384 e. The standard InChI is InChI=1S/C14H17NO2S/c1-18-9-7-14(17)15-11-13-5-2-4-12(10-13)6-3-8-16/h2,4-5,10,16H,7-9,11H2,1H3,(H,15,17). The van der Waals surface area contributed by atoms with Crippen LogP contribution in [0.4, 0.5) is 0 Å². The van der Waals surface area contributed by atoms with E-state index >= 15 is 0 Å². The van der Waals surface area contributed by atoms with E-state index in [0.717, 1.165) is 16.9 Å². The van der Waals surface area contributed by atoms with Crippen LogP contribution in [-0.2, 0) is 11.3 Å². The Balaban J connectivity index is 2.49. The smallest absolute Gasteiger partial charge is 0.221 e. The minimum atomic E-state index is -0.143. The number of carbonyl (C=O) groups excluding carboxylic acids is 1. The summed E-state index contributed by atoms with van der Waals surface area (Å²) in [6.45, 7) is 0.373. The molecule has 96 valence electrons. The molecule has 0 unspecified atom stereocenters. The molecule has 0 aliphatic heterocycles. The van der Waals surface area contributed by atoms with Crippen molar-refractivity contribution in [3.8, 4) is 11.8 Å². The molecule has 0 atom stereocenters. The van der Waals surface area contributed by atoms with Crippen LogP contribution in [0.3, 0.4) is 0 Å². The van der Waals surface area contributed by atoms with E-state index in [9.17, 15) is 4.79 Å². The molecule has 0 radical (unpaired) electrons. The quantitative estimate of drug-likeness (QED) is 0.790. The average Bonchev–Trinajstić information content (AvgIpc) is 2.41. The van der Waals surface area contributed by atoms with E-state index in [4.69, 9.17) is 5.11 Å². The molecule has 3 nitrogen and oxygen atoms in total. The zero-order valence-electron chi connectivity index (χ0n) is 10.4. The second kappa shape index (κ2) is 8.62. The summed E-state index contributed by atoms with van der Waals surface area (Å²) in [5.74, 6) is 6.35. The molecule has 1 aromatic carbocycles. The molecule has 0 aromatic heterocycles. The third-order valence-corrected chi connectivity index (χ3v) is 2.87. The van der Waals surface area contributed by atoms with Crippen molar-refractivity contribution >= 4 is 17.7 Å². The molecule has 0 saturated heterocycles. The van der Waals surface area contributed by atoms with Gasteiger partial charge in [-0.2, -0.15) is 11.8 Å². The fourth-order valence-electron chi connectivity index (χ4n) is 1.38. The molecule has 1 aromatic rings. The summed E-state index contributed by atoms with van der Waals surface area (Å²) in [4.78, 5) is 11.4. The average molecular weight is 263 g/mol. The number of hydrogen-bond acceptors (Lipinski definition) is 3. The molecular formula is C14H17NO2S. The fourth-order valence-corrected chi connectivity index (χ4v) is 1.77. The molecule has 0 bridgehead atoms. The number of aliphatic hydroxyl groups excluding tert-OH is 1. The van der Waals surface area contributed by atoms with Crippen molar-refractivity contribution in [2.75, 3.05) is 18.6 Å². The Labute approximate surface area is 112 Å². The van der Waals surface area contributed by atoms with Crippen LogP contribution in [0.25, 0.3) is 0 Å². The Morgan fingerprint density at radius 1 is 1.50 bits per heavy atom. The van der Waals surface area contributed by atoms with Gasteiger partial charge in [0.1, 0.15) is 6.61 Å². The van der Waals surface area contributed by atoms with Crippen molar-refractivity contribution in [3.05, 3.63) is 35.4 Å². The second-order valence-corrected chi connectivity index (χ2v) is 4.67. The summed E-state index contributed by atoms with van der Waals surface area (Å²) in [5, 5.41) is 11.5. The van der Waals surface area contributed by atoms with Gasteiger partial charge in [-0.25, -0.2) is 0 Å². The lowest BCUT2D eigenvalue weighted by Crippen LogP contribution is -2.22. The maximum Gasteiger partial charge on any atom is 0.221 e. The minimum Gasteiger partial charge on any atom is -0.384 e. The SMILES string of the molecule is CSCCC(=O)NCc1cccc(C#CCO)c1. The lowest BCUT2D eigenvalue weighted by Gasteiger charge is -2.05. The summed E-state index contributed by atoms with van der Waals surface area (Å²) in [5.41, 5.74) is 1.86. The lowest BCUT2D eigenvalue weighted by molar-refractivity contribution is -0.120. The Morgan fingerprint density at radius 2 is 2.33 bits per heavy atom. The van der Waals surface area contributed by atoms with Gasteiger partial charge in [-0.3, -0.25) is 4.79 Å². The van der Waals surface area contributed by atoms with Crippen LogP contribution < -0.4 is 5.32 Å². The summed E-state index contributed by atoms with van der Waals surface area (Å²) in [7, 11) is 0. The Kier molecular flexibility index (Phi) is 7.00. The molecule has 1 rings (SSSR count). The van der Waals surface area contributed by atoms with Crippen LogP contribution in [0.5, 0.6) is 0 Å². The van der Waals surface area contributed by atoms with E-state index in [1.807, 2.05) is 30.5 Å². The number of benzene rings is 1. The van der Waals surface area contributed by atoms with E-state index in [1.165, 1.54) is 0 Å². The molecule has 0 spiro atoms. The highest BCUT2D eigenvalue weighted by atomic mass is 32.2. The second-order valence-electron chi connectivity index (χ2n) is 3.68. The summed E-state index contributed by atoms with van der Waals surface area (Å²) < 4.78 is 0. The molecule has 4 heteroatoms. The Bertz CT molecular complexity index is 449. The van der Waals surface area contributed by atoms with Gasteiger partial charge in [-0.15, -0.1) is 0 Å².